The van der Waals surface area contributed by atoms with Gasteiger partial charge in [-0.1, -0.05) is 11.8 Å². The summed E-state index contributed by atoms with van der Waals surface area (Å²) >= 11 is 3.61. The SMILES string of the molecule is Cc1csc(SC2CCC(NC(=O)c3nc(C)[nH]c3C)CC2)n1. The molecule has 1 saturated carbocycles. The highest BCUT2D eigenvalue weighted by atomic mass is 32.2. The molecule has 1 fully saturated rings. The zero-order valence-corrected chi connectivity index (χ0v) is 15.3. The van der Waals surface area contributed by atoms with E-state index in [1.54, 1.807) is 11.3 Å². The number of hydrogen-bond acceptors (Lipinski definition) is 5. The molecule has 23 heavy (non-hydrogen) atoms. The van der Waals surface area contributed by atoms with E-state index < -0.39 is 0 Å². The maximum absolute atomic E-state index is 12.3. The van der Waals surface area contributed by atoms with Gasteiger partial charge in [-0.05, 0) is 46.5 Å². The number of thiazole rings is 1. The Labute approximate surface area is 144 Å². The minimum absolute atomic E-state index is 0.0569. The Bertz CT molecular complexity index is 686. The van der Waals surface area contributed by atoms with E-state index in [1.165, 1.54) is 0 Å². The molecule has 2 heterocycles. The molecule has 1 amide bonds. The molecule has 0 aromatic carbocycles. The molecule has 0 atom stereocenters. The van der Waals surface area contributed by atoms with Crippen LogP contribution in [0.25, 0.3) is 0 Å². The van der Waals surface area contributed by atoms with Crippen molar-refractivity contribution < 1.29 is 4.79 Å². The van der Waals surface area contributed by atoms with Gasteiger partial charge in [0.25, 0.3) is 5.91 Å². The second-order valence-corrected chi connectivity index (χ2v) is 8.52. The van der Waals surface area contributed by atoms with Crippen LogP contribution in [-0.2, 0) is 0 Å². The molecule has 0 radical (unpaired) electrons. The Morgan fingerprint density at radius 2 is 2.00 bits per heavy atom. The van der Waals surface area contributed by atoms with Crippen molar-refractivity contribution in [3.63, 3.8) is 0 Å². The molecule has 3 rings (SSSR count). The van der Waals surface area contributed by atoms with Gasteiger partial charge in [0.15, 0.2) is 0 Å². The standard InChI is InChI=1S/C16H22N4OS2/c1-9-8-22-16(17-9)23-13-6-4-12(5-7-13)20-15(21)14-10(2)18-11(3)19-14/h8,12-13H,4-7H2,1-3H3,(H,18,19)(H,20,21). The molecule has 0 spiro atoms. The average molecular weight is 351 g/mol. The van der Waals surface area contributed by atoms with Gasteiger partial charge in [0.2, 0.25) is 0 Å². The van der Waals surface area contributed by atoms with E-state index in [4.69, 9.17) is 0 Å². The smallest absolute Gasteiger partial charge is 0.271 e. The summed E-state index contributed by atoms with van der Waals surface area (Å²) in [6, 6.07) is 0.258. The van der Waals surface area contributed by atoms with E-state index in [-0.39, 0.29) is 11.9 Å². The lowest BCUT2D eigenvalue weighted by Gasteiger charge is -2.28. The maximum atomic E-state index is 12.3. The van der Waals surface area contributed by atoms with Crippen LogP contribution in [-0.4, -0.2) is 32.2 Å². The maximum Gasteiger partial charge on any atom is 0.271 e. The summed E-state index contributed by atoms with van der Waals surface area (Å²) in [6.45, 7) is 5.79. The number of imidazole rings is 1. The van der Waals surface area contributed by atoms with Gasteiger partial charge in [-0.2, -0.15) is 0 Å². The van der Waals surface area contributed by atoms with Crippen molar-refractivity contribution in [2.45, 2.75) is 62.1 Å². The van der Waals surface area contributed by atoms with E-state index in [0.717, 1.165) is 47.2 Å². The Morgan fingerprint density at radius 1 is 1.26 bits per heavy atom. The van der Waals surface area contributed by atoms with Crippen LogP contribution in [0.1, 0.15) is 53.4 Å². The number of nitrogens with zero attached hydrogens (tertiary/aromatic N) is 2. The summed E-state index contributed by atoms with van der Waals surface area (Å²) < 4.78 is 1.16. The highest BCUT2D eigenvalue weighted by Crippen LogP contribution is 2.35. The van der Waals surface area contributed by atoms with Gasteiger partial charge in [0, 0.05) is 28.1 Å². The zero-order valence-electron chi connectivity index (χ0n) is 13.7. The number of amides is 1. The second kappa shape index (κ2) is 7.05. The number of hydrogen-bond donors (Lipinski definition) is 2. The first-order chi connectivity index (χ1) is 11.0. The Morgan fingerprint density at radius 3 is 2.57 bits per heavy atom. The van der Waals surface area contributed by atoms with Crippen LogP contribution in [0.2, 0.25) is 0 Å². The summed E-state index contributed by atoms with van der Waals surface area (Å²) in [6.07, 6.45) is 4.28. The van der Waals surface area contributed by atoms with Crippen LogP contribution in [0.4, 0.5) is 0 Å². The molecule has 7 heteroatoms. The van der Waals surface area contributed by atoms with Gasteiger partial charge >= 0.3 is 0 Å². The largest absolute Gasteiger partial charge is 0.348 e. The fraction of sp³-hybridized carbons (Fsp3) is 0.562. The third-order valence-electron chi connectivity index (χ3n) is 4.09. The molecule has 0 aliphatic heterocycles. The van der Waals surface area contributed by atoms with E-state index in [9.17, 15) is 4.79 Å². The molecular formula is C16H22N4OS2. The third kappa shape index (κ3) is 4.14. The van der Waals surface area contributed by atoms with Crippen LogP contribution >= 0.6 is 23.1 Å². The van der Waals surface area contributed by atoms with Crippen molar-refractivity contribution in [3.05, 3.63) is 28.3 Å². The number of H-pyrrole nitrogens is 1. The predicted molar refractivity (Wildman–Crippen MR) is 94.3 cm³/mol. The molecule has 1 aliphatic rings. The number of rotatable bonds is 4. The summed E-state index contributed by atoms with van der Waals surface area (Å²) in [5.74, 6) is 0.727. The van der Waals surface area contributed by atoms with Crippen molar-refractivity contribution >= 4 is 29.0 Å². The molecule has 2 aromatic heterocycles. The summed E-state index contributed by atoms with van der Waals surface area (Å²) in [5, 5.41) is 5.85. The molecule has 124 valence electrons. The topological polar surface area (TPSA) is 70.7 Å². The van der Waals surface area contributed by atoms with Gasteiger partial charge in [-0.15, -0.1) is 11.3 Å². The van der Waals surface area contributed by atoms with Crippen LogP contribution in [0, 0.1) is 20.8 Å². The number of carbonyl (C=O) groups is 1. The van der Waals surface area contributed by atoms with Gasteiger partial charge < -0.3 is 10.3 Å². The van der Waals surface area contributed by atoms with Crippen molar-refractivity contribution in [2.75, 3.05) is 0 Å². The van der Waals surface area contributed by atoms with Gasteiger partial charge in [-0.25, -0.2) is 9.97 Å². The number of aromatic nitrogens is 3. The van der Waals surface area contributed by atoms with Crippen molar-refractivity contribution in [2.24, 2.45) is 0 Å². The molecule has 0 unspecified atom stereocenters. The van der Waals surface area contributed by atoms with Crippen LogP contribution in [0.3, 0.4) is 0 Å². The van der Waals surface area contributed by atoms with Gasteiger partial charge in [0.1, 0.15) is 15.9 Å². The third-order valence-corrected chi connectivity index (χ3v) is 6.52. The molecule has 0 saturated heterocycles. The second-order valence-electron chi connectivity index (χ2n) is 6.12. The first-order valence-corrected chi connectivity index (χ1v) is 9.70. The average Bonchev–Trinajstić information content (AvgIpc) is 3.06. The van der Waals surface area contributed by atoms with Crippen molar-refractivity contribution in [3.8, 4) is 0 Å². The first kappa shape index (κ1) is 16.5. The van der Waals surface area contributed by atoms with E-state index in [1.807, 2.05) is 32.5 Å². The lowest BCUT2D eigenvalue weighted by molar-refractivity contribution is 0.0923. The normalized spacial score (nSPS) is 21.3. The molecule has 2 aromatic rings. The quantitative estimate of drug-likeness (QED) is 0.883. The predicted octanol–water partition coefficient (Wildman–Crippen LogP) is 3.62. The molecule has 2 N–H and O–H groups in total. The number of carbonyl (C=O) groups excluding carboxylic acids is 1. The van der Waals surface area contributed by atoms with Gasteiger partial charge in [0.05, 0.1) is 0 Å². The first-order valence-electron chi connectivity index (χ1n) is 7.94. The Balaban J connectivity index is 1.49. The lowest BCUT2D eigenvalue weighted by Crippen LogP contribution is -2.38. The number of nitrogens with one attached hydrogen (secondary N) is 2. The van der Waals surface area contributed by atoms with Crippen LogP contribution in [0.15, 0.2) is 9.72 Å². The number of aryl methyl sites for hydroxylation is 3. The monoisotopic (exact) mass is 350 g/mol. The van der Waals surface area contributed by atoms with Crippen molar-refractivity contribution in [1.82, 2.24) is 20.3 Å². The molecular weight excluding hydrogens is 328 g/mol. The minimum atomic E-state index is -0.0569. The van der Waals surface area contributed by atoms with Crippen LogP contribution in [0.5, 0.6) is 0 Å². The highest BCUT2D eigenvalue weighted by Gasteiger charge is 2.25. The summed E-state index contributed by atoms with van der Waals surface area (Å²) in [7, 11) is 0. The molecule has 1 aliphatic carbocycles. The number of thioether (sulfide) groups is 1. The fourth-order valence-corrected chi connectivity index (χ4v) is 5.22. The zero-order chi connectivity index (χ0) is 16.4. The Hall–Kier alpha value is -1.34. The fourth-order valence-electron chi connectivity index (χ4n) is 2.94. The highest BCUT2D eigenvalue weighted by molar-refractivity contribution is 8.01. The van der Waals surface area contributed by atoms with E-state index in [2.05, 4.69) is 25.6 Å². The van der Waals surface area contributed by atoms with Crippen LogP contribution < -0.4 is 5.32 Å². The van der Waals surface area contributed by atoms with E-state index in [0.29, 0.717) is 10.9 Å². The minimum Gasteiger partial charge on any atom is -0.348 e. The van der Waals surface area contributed by atoms with E-state index >= 15 is 0 Å². The summed E-state index contributed by atoms with van der Waals surface area (Å²) in [4.78, 5) is 24.2. The van der Waals surface area contributed by atoms with Gasteiger partial charge in [-0.3, -0.25) is 4.79 Å². The number of aromatic amines is 1. The summed E-state index contributed by atoms with van der Waals surface area (Å²) in [5.41, 5.74) is 2.46. The molecule has 5 nitrogen and oxygen atoms in total. The van der Waals surface area contributed by atoms with Crippen molar-refractivity contribution in [1.29, 1.82) is 0 Å². The molecule has 0 bridgehead atoms. The lowest BCUT2D eigenvalue weighted by atomic mass is 9.95. The Kier molecular flexibility index (Phi) is 5.06.